The number of allylic oxidation sites excluding steroid dienone is 1. The molecule has 4 heteroatoms. The highest BCUT2D eigenvalue weighted by atomic mass is 35.5. The second kappa shape index (κ2) is 5.76. The van der Waals surface area contributed by atoms with Crippen LogP contribution in [0.2, 0.25) is 10.0 Å². The van der Waals surface area contributed by atoms with Gasteiger partial charge in [0.25, 0.3) is 0 Å². The Bertz CT molecular complexity index is 431. The minimum atomic E-state index is 0.0663. The Hall–Kier alpha value is -0.700. The molecular formula is C13H15Cl2NO. The molecule has 17 heavy (non-hydrogen) atoms. The minimum Gasteiger partial charge on any atom is -0.413 e. The largest absolute Gasteiger partial charge is 0.413 e. The fourth-order valence-corrected chi connectivity index (χ4v) is 2.06. The normalized spacial score (nSPS) is 19.0. The van der Waals surface area contributed by atoms with Crippen molar-refractivity contribution in [2.45, 2.75) is 32.2 Å². The van der Waals surface area contributed by atoms with Crippen LogP contribution in [0.5, 0.6) is 0 Å². The SMILES string of the molecule is CCCCC1=CC(c2ccc(Cl)c(Cl)c2)NO1. The van der Waals surface area contributed by atoms with Gasteiger partial charge in [0.1, 0.15) is 5.76 Å². The molecule has 1 aromatic rings. The molecule has 2 rings (SSSR count). The van der Waals surface area contributed by atoms with Crippen LogP contribution in [0.15, 0.2) is 30.0 Å². The van der Waals surface area contributed by atoms with Crippen LogP contribution in [0.1, 0.15) is 37.8 Å². The molecule has 1 atom stereocenters. The first kappa shape index (κ1) is 12.7. The number of hydroxylamine groups is 1. The van der Waals surface area contributed by atoms with Crippen molar-refractivity contribution in [2.75, 3.05) is 0 Å². The van der Waals surface area contributed by atoms with Gasteiger partial charge in [0.05, 0.1) is 16.1 Å². The van der Waals surface area contributed by atoms with Gasteiger partial charge in [-0.2, -0.15) is 0 Å². The third-order valence-corrected chi connectivity index (χ3v) is 3.49. The van der Waals surface area contributed by atoms with Gasteiger partial charge in [0, 0.05) is 6.42 Å². The molecule has 1 aromatic carbocycles. The lowest BCUT2D eigenvalue weighted by molar-refractivity contribution is 0.109. The van der Waals surface area contributed by atoms with E-state index < -0.39 is 0 Å². The molecule has 1 unspecified atom stereocenters. The van der Waals surface area contributed by atoms with E-state index in [-0.39, 0.29) is 6.04 Å². The molecule has 1 aliphatic heterocycles. The molecule has 1 aliphatic rings. The van der Waals surface area contributed by atoms with Crippen molar-refractivity contribution in [1.29, 1.82) is 0 Å². The average molecular weight is 272 g/mol. The van der Waals surface area contributed by atoms with Crippen LogP contribution < -0.4 is 5.48 Å². The first-order valence-electron chi connectivity index (χ1n) is 5.78. The Kier molecular flexibility index (Phi) is 4.32. The highest BCUT2D eigenvalue weighted by molar-refractivity contribution is 6.42. The summed E-state index contributed by atoms with van der Waals surface area (Å²) in [6.45, 7) is 2.17. The predicted molar refractivity (Wildman–Crippen MR) is 71.0 cm³/mol. The summed E-state index contributed by atoms with van der Waals surface area (Å²) >= 11 is 11.9. The number of halogens is 2. The van der Waals surface area contributed by atoms with Crippen LogP contribution in [0, 0.1) is 0 Å². The van der Waals surface area contributed by atoms with Gasteiger partial charge in [-0.25, -0.2) is 0 Å². The monoisotopic (exact) mass is 271 g/mol. The number of unbranched alkanes of at least 4 members (excludes halogenated alkanes) is 1. The molecule has 1 N–H and O–H groups in total. The van der Waals surface area contributed by atoms with Gasteiger partial charge in [-0.3, -0.25) is 0 Å². The Morgan fingerprint density at radius 3 is 2.82 bits per heavy atom. The second-order valence-corrected chi connectivity index (χ2v) is 4.92. The van der Waals surface area contributed by atoms with Gasteiger partial charge in [-0.15, -0.1) is 5.48 Å². The van der Waals surface area contributed by atoms with Crippen molar-refractivity contribution < 1.29 is 4.84 Å². The number of hydrogen-bond acceptors (Lipinski definition) is 2. The molecule has 0 saturated carbocycles. The van der Waals surface area contributed by atoms with E-state index in [1.165, 1.54) is 0 Å². The van der Waals surface area contributed by atoms with Gasteiger partial charge in [-0.05, 0) is 30.2 Å². The van der Waals surface area contributed by atoms with Crippen LogP contribution in [-0.4, -0.2) is 0 Å². The summed E-state index contributed by atoms with van der Waals surface area (Å²) in [4.78, 5) is 5.43. The lowest BCUT2D eigenvalue weighted by Gasteiger charge is -2.08. The third kappa shape index (κ3) is 3.15. The molecule has 0 aliphatic carbocycles. The Morgan fingerprint density at radius 1 is 1.29 bits per heavy atom. The average Bonchev–Trinajstić information content (AvgIpc) is 2.79. The van der Waals surface area contributed by atoms with E-state index in [2.05, 4.69) is 18.5 Å². The summed E-state index contributed by atoms with van der Waals surface area (Å²) in [7, 11) is 0. The number of hydrogen-bond donors (Lipinski definition) is 1. The summed E-state index contributed by atoms with van der Waals surface area (Å²) in [5.41, 5.74) is 4.05. The Labute approximate surface area is 112 Å². The van der Waals surface area contributed by atoms with Gasteiger partial charge < -0.3 is 4.84 Å². The van der Waals surface area contributed by atoms with Crippen molar-refractivity contribution in [2.24, 2.45) is 0 Å². The molecule has 0 bridgehead atoms. The summed E-state index contributed by atoms with van der Waals surface area (Å²) in [6, 6.07) is 5.69. The Morgan fingerprint density at radius 2 is 2.12 bits per heavy atom. The van der Waals surface area contributed by atoms with Crippen LogP contribution in [-0.2, 0) is 4.84 Å². The van der Waals surface area contributed by atoms with Crippen LogP contribution in [0.4, 0.5) is 0 Å². The number of benzene rings is 1. The van der Waals surface area contributed by atoms with Gasteiger partial charge in [-0.1, -0.05) is 42.6 Å². The summed E-state index contributed by atoms with van der Waals surface area (Å²) in [5.74, 6) is 1.00. The van der Waals surface area contributed by atoms with Crippen molar-refractivity contribution in [3.63, 3.8) is 0 Å². The van der Waals surface area contributed by atoms with Crippen LogP contribution in [0.25, 0.3) is 0 Å². The van der Waals surface area contributed by atoms with E-state index in [0.717, 1.165) is 30.6 Å². The van der Waals surface area contributed by atoms with E-state index in [4.69, 9.17) is 28.0 Å². The lowest BCUT2D eigenvalue weighted by Crippen LogP contribution is -2.12. The maximum Gasteiger partial charge on any atom is 0.122 e. The fourth-order valence-electron chi connectivity index (χ4n) is 1.75. The Balaban J connectivity index is 2.08. The van der Waals surface area contributed by atoms with Crippen LogP contribution >= 0.6 is 23.2 Å². The zero-order chi connectivity index (χ0) is 12.3. The molecule has 0 amide bonds. The molecule has 0 aromatic heterocycles. The fraction of sp³-hybridized carbons (Fsp3) is 0.385. The maximum atomic E-state index is 5.99. The standard InChI is InChI=1S/C13H15Cl2NO/c1-2-3-4-10-8-13(16-17-10)9-5-6-11(14)12(15)7-9/h5-8,13,16H,2-4H2,1H3. The molecule has 0 saturated heterocycles. The molecule has 92 valence electrons. The molecule has 0 fully saturated rings. The van der Waals surface area contributed by atoms with Crippen molar-refractivity contribution in [1.82, 2.24) is 5.48 Å². The van der Waals surface area contributed by atoms with Gasteiger partial charge in [0.2, 0.25) is 0 Å². The number of nitrogens with one attached hydrogen (secondary N) is 1. The van der Waals surface area contributed by atoms with E-state index >= 15 is 0 Å². The highest BCUT2D eigenvalue weighted by Crippen LogP contribution is 2.29. The zero-order valence-corrected chi connectivity index (χ0v) is 11.2. The molecule has 0 spiro atoms. The molecule has 0 radical (unpaired) electrons. The van der Waals surface area contributed by atoms with E-state index in [1.54, 1.807) is 6.07 Å². The van der Waals surface area contributed by atoms with E-state index in [0.29, 0.717) is 10.0 Å². The van der Waals surface area contributed by atoms with Crippen molar-refractivity contribution in [3.05, 3.63) is 45.6 Å². The quantitative estimate of drug-likeness (QED) is 0.861. The third-order valence-electron chi connectivity index (χ3n) is 2.75. The lowest BCUT2D eigenvalue weighted by atomic mass is 10.1. The first-order chi connectivity index (χ1) is 8.20. The maximum absolute atomic E-state index is 5.99. The second-order valence-electron chi connectivity index (χ2n) is 4.11. The van der Waals surface area contributed by atoms with Crippen molar-refractivity contribution >= 4 is 23.2 Å². The summed E-state index contributed by atoms with van der Waals surface area (Å²) in [5, 5.41) is 1.14. The zero-order valence-electron chi connectivity index (χ0n) is 9.67. The van der Waals surface area contributed by atoms with E-state index in [1.807, 2.05) is 12.1 Å². The molecule has 2 nitrogen and oxygen atoms in total. The van der Waals surface area contributed by atoms with Gasteiger partial charge >= 0.3 is 0 Å². The molecular weight excluding hydrogens is 257 g/mol. The number of rotatable bonds is 4. The predicted octanol–water partition coefficient (Wildman–Crippen LogP) is 4.64. The highest BCUT2D eigenvalue weighted by Gasteiger charge is 2.18. The smallest absolute Gasteiger partial charge is 0.122 e. The van der Waals surface area contributed by atoms with Crippen LogP contribution in [0.3, 0.4) is 0 Å². The summed E-state index contributed by atoms with van der Waals surface area (Å²) < 4.78 is 0. The first-order valence-corrected chi connectivity index (χ1v) is 6.54. The minimum absolute atomic E-state index is 0.0663. The van der Waals surface area contributed by atoms with E-state index in [9.17, 15) is 0 Å². The van der Waals surface area contributed by atoms with Crippen molar-refractivity contribution in [3.8, 4) is 0 Å². The molecule has 1 heterocycles. The van der Waals surface area contributed by atoms with Gasteiger partial charge in [0.15, 0.2) is 0 Å². The topological polar surface area (TPSA) is 21.3 Å². The summed E-state index contributed by atoms with van der Waals surface area (Å²) in [6.07, 6.45) is 5.37.